The average molecular weight is 197 g/mol. The summed E-state index contributed by atoms with van der Waals surface area (Å²) < 4.78 is 0. The molecule has 83 valence electrons. The molecule has 0 amide bonds. The molecular formula is C12H25N2. The second-order valence-electron chi connectivity index (χ2n) is 4.19. The van der Waals surface area contributed by atoms with Gasteiger partial charge in [0.15, 0.2) is 0 Å². The lowest BCUT2D eigenvalue weighted by Crippen LogP contribution is -2.46. The van der Waals surface area contributed by atoms with Crippen LogP contribution in [-0.2, 0) is 0 Å². The molecule has 0 aromatic heterocycles. The highest BCUT2D eigenvalue weighted by atomic mass is 15.3. The van der Waals surface area contributed by atoms with Crippen LogP contribution < -0.4 is 0 Å². The molecule has 0 aliphatic carbocycles. The van der Waals surface area contributed by atoms with Gasteiger partial charge in [-0.05, 0) is 19.5 Å². The first-order valence-electron chi connectivity index (χ1n) is 6.10. The molecular weight excluding hydrogens is 172 g/mol. The lowest BCUT2D eigenvalue weighted by Gasteiger charge is -2.33. The molecule has 1 saturated heterocycles. The van der Waals surface area contributed by atoms with Gasteiger partial charge in [-0.2, -0.15) is 0 Å². The minimum Gasteiger partial charge on any atom is -0.301 e. The molecule has 1 aliphatic heterocycles. The quantitative estimate of drug-likeness (QED) is 0.601. The highest BCUT2D eigenvalue weighted by Gasteiger charge is 2.14. The van der Waals surface area contributed by atoms with Crippen molar-refractivity contribution < 1.29 is 0 Å². The van der Waals surface area contributed by atoms with Crippen LogP contribution >= 0.6 is 0 Å². The summed E-state index contributed by atoms with van der Waals surface area (Å²) in [4.78, 5) is 5.14. The van der Waals surface area contributed by atoms with Gasteiger partial charge >= 0.3 is 0 Å². The SMILES string of the molecule is [CH2]CCCCCN1CCN(CC)CC1. The van der Waals surface area contributed by atoms with Crippen molar-refractivity contribution in [2.24, 2.45) is 0 Å². The minimum absolute atomic E-state index is 1.10. The number of piperazine rings is 1. The van der Waals surface area contributed by atoms with Crippen molar-refractivity contribution >= 4 is 0 Å². The number of unbranched alkanes of at least 4 members (excludes halogenated alkanes) is 3. The second kappa shape index (κ2) is 7.24. The first kappa shape index (κ1) is 12.0. The van der Waals surface area contributed by atoms with Gasteiger partial charge < -0.3 is 9.80 Å². The third-order valence-corrected chi connectivity index (χ3v) is 3.14. The van der Waals surface area contributed by atoms with Crippen molar-refractivity contribution in [2.45, 2.75) is 32.6 Å². The van der Waals surface area contributed by atoms with Gasteiger partial charge in [-0.1, -0.05) is 33.1 Å². The molecule has 0 bridgehead atoms. The van der Waals surface area contributed by atoms with Crippen LogP contribution in [0.2, 0.25) is 0 Å². The van der Waals surface area contributed by atoms with Crippen LogP contribution in [-0.4, -0.2) is 49.1 Å². The molecule has 1 radical (unpaired) electrons. The summed E-state index contributed by atoms with van der Waals surface area (Å²) in [5.41, 5.74) is 0. The van der Waals surface area contributed by atoms with Crippen LogP contribution in [0, 0.1) is 6.92 Å². The Morgan fingerprint density at radius 2 is 1.57 bits per heavy atom. The summed E-state index contributed by atoms with van der Waals surface area (Å²) in [5.74, 6) is 0. The Labute approximate surface area is 89.3 Å². The van der Waals surface area contributed by atoms with E-state index in [2.05, 4.69) is 23.6 Å². The smallest absolute Gasteiger partial charge is 0.0110 e. The zero-order valence-corrected chi connectivity index (χ0v) is 9.67. The van der Waals surface area contributed by atoms with E-state index < -0.39 is 0 Å². The average Bonchev–Trinajstić information content (AvgIpc) is 2.25. The fourth-order valence-corrected chi connectivity index (χ4v) is 2.02. The highest BCUT2D eigenvalue weighted by Crippen LogP contribution is 2.05. The molecule has 2 nitrogen and oxygen atoms in total. The van der Waals surface area contributed by atoms with Crippen molar-refractivity contribution in [2.75, 3.05) is 39.3 Å². The molecule has 1 rings (SSSR count). The fraction of sp³-hybridized carbons (Fsp3) is 0.917. The van der Waals surface area contributed by atoms with Crippen LogP contribution in [0.25, 0.3) is 0 Å². The zero-order valence-electron chi connectivity index (χ0n) is 9.67. The Morgan fingerprint density at radius 3 is 2.14 bits per heavy atom. The molecule has 0 aromatic rings. The van der Waals surface area contributed by atoms with E-state index in [0.717, 1.165) is 6.42 Å². The first-order chi connectivity index (χ1) is 6.86. The van der Waals surface area contributed by atoms with Gasteiger partial charge in [-0.3, -0.25) is 0 Å². The lowest BCUT2D eigenvalue weighted by molar-refractivity contribution is 0.135. The van der Waals surface area contributed by atoms with Gasteiger partial charge in [0.05, 0.1) is 0 Å². The van der Waals surface area contributed by atoms with Crippen LogP contribution in [0.3, 0.4) is 0 Å². The standard InChI is InChI=1S/C12H25N2/c1-3-5-6-7-8-14-11-9-13(4-2)10-12-14/h1,3-12H2,2H3. The highest BCUT2D eigenvalue weighted by molar-refractivity contribution is 4.70. The summed E-state index contributed by atoms with van der Waals surface area (Å²) in [6.07, 6.45) is 5.12. The molecule has 1 heterocycles. The van der Waals surface area contributed by atoms with Crippen molar-refractivity contribution in [1.82, 2.24) is 9.80 Å². The van der Waals surface area contributed by atoms with Gasteiger partial charge in [0.2, 0.25) is 0 Å². The van der Waals surface area contributed by atoms with E-state index in [4.69, 9.17) is 0 Å². The zero-order chi connectivity index (χ0) is 10.2. The van der Waals surface area contributed by atoms with Gasteiger partial charge in [0.25, 0.3) is 0 Å². The van der Waals surface area contributed by atoms with E-state index in [1.54, 1.807) is 0 Å². The molecule has 1 aliphatic rings. The predicted octanol–water partition coefficient (Wildman–Crippen LogP) is 2.02. The van der Waals surface area contributed by atoms with E-state index in [9.17, 15) is 0 Å². The van der Waals surface area contributed by atoms with E-state index in [1.165, 1.54) is 58.5 Å². The normalized spacial score (nSPS) is 20.1. The maximum absolute atomic E-state index is 3.87. The molecule has 0 spiro atoms. The summed E-state index contributed by atoms with van der Waals surface area (Å²) >= 11 is 0. The van der Waals surface area contributed by atoms with Gasteiger partial charge in [0.1, 0.15) is 0 Å². The summed E-state index contributed by atoms with van der Waals surface area (Å²) in [6, 6.07) is 0. The Kier molecular flexibility index (Phi) is 6.20. The third-order valence-electron chi connectivity index (χ3n) is 3.14. The largest absolute Gasteiger partial charge is 0.301 e. The predicted molar refractivity (Wildman–Crippen MR) is 62.4 cm³/mol. The number of nitrogens with zero attached hydrogens (tertiary/aromatic N) is 2. The van der Waals surface area contributed by atoms with Gasteiger partial charge in [0, 0.05) is 26.2 Å². The summed E-state index contributed by atoms with van der Waals surface area (Å²) in [7, 11) is 0. The molecule has 2 heteroatoms. The molecule has 0 saturated carbocycles. The maximum Gasteiger partial charge on any atom is 0.0110 e. The van der Waals surface area contributed by atoms with Crippen LogP contribution in [0.15, 0.2) is 0 Å². The Balaban J connectivity index is 1.98. The molecule has 0 atom stereocenters. The Morgan fingerprint density at radius 1 is 0.929 bits per heavy atom. The first-order valence-corrected chi connectivity index (χ1v) is 6.10. The van der Waals surface area contributed by atoms with E-state index in [0.29, 0.717) is 0 Å². The molecule has 14 heavy (non-hydrogen) atoms. The second-order valence-corrected chi connectivity index (χ2v) is 4.19. The summed E-state index contributed by atoms with van der Waals surface area (Å²) in [5, 5.41) is 0. The summed E-state index contributed by atoms with van der Waals surface area (Å²) in [6.45, 7) is 13.7. The van der Waals surface area contributed by atoms with Gasteiger partial charge in [-0.15, -0.1) is 0 Å². The van der Waals surface area contributed by atoms with Crippen LogP contribution in [0.4, 0.5) is 0 Å². The van der Waals surface area contributed by atoms with Crippen molar-refractivity contribution in [3.63, 3.8) is 0 Å². The van der Waals surface area contributed by atoms with Crippen LogP contribution in [0.1, 0.15) is 32.6 Å². The minimum atomic E-state index is 1.10. The van der Waals surface area contributed by atoms with Crippen molar-refractivity contribution in [1.29, 1.82) is 0 Å². The van der Waals surface area contributed by atoms with Crippen molar-refractivity contribution in [3.05, 3.63) is 6.92 Å². The molecule has 0 N–H and O–H groups in total. The van der Waals surface area contributed by atoms with E-state index >= 15 is 0 Å². The third kappa shape index (κ3) is 4.43. The number of hydrogen-bond acceptors (Lipinski definition) is 2. The van der Waals surface area contributed by atoms with E-state index in [-0.39, 0.29) is 0 Å². The van der Waals surface area contributed by atoms with Crippen LogP contribution in [0.5, 0.6) is 0 Å². The Bertz CT molecular complexity index is 128. The van der Waals surface area contributed by atoms with Gasteiger partial charge in [-0.25, -0.2) is 0 Å². The topological polar surface area (TPSA) is 6.48 Å². The molecule has 1 fully saturated rings. The molecule has 0 aromatic carbocycles. The fourth-order valence-electron chi connectivity index (χ4n) is 2.02. The monoisotopic (exact) mass is 197 g/mol. The van der Waals surface area contributed by atoms with E-state index in [1.807, 2.05) is 0 Å². The lowest BCUT2D eigenvalue weighted by atomic mass is 10.2. The number of hydrogen-bond donors (Lipinski definition) is 0. The number of rotatable bonds is 6. The Hall–Kier alpha value is -0.0800. The maximum atomic E-state index is 3.87. The number of likely N-dealkylation sites (N-methyl/N-ethyl adjacent to an activating group) is 1. The van der Waals surface area contributed by atoms with Crippen molar-refractivity contribution in [3.8, 4) is 0 Å². The molecule has 0 unspecified atom stereocenters.